The summed E-state index contributed by atoms with van der Waals surface area (Å²) in [7, 11) is -2.62. The van der Waals surface area contributed by atoms with Crippen LogP contribution in [0.5, 0.6) is 23.1 Å². The van der Waals surface area contributed by atoms with Crippen molar-refractivity contribution in [1.82, 2.24) is 9.97 Å². The molecule has 0 spiro atoms. The van der Waals surface area contributed by atoms with Crippen LogP contribution in [0.4, 0.5) is 22.2 Å². The lowest BCUT2D eigenvalue weighted by molar-refractivity contribution is 0.121. The minimum atomic E-state index is -4.10. The van der Waals surface area contributed by atoms with Crippen LogP contribution in [0.1, 0.15) is 5.56 Å². The highest BCUT2D eigenvalue weighted by atomic mass is 32.2. The molecule has 0 radical (unpaired) electrons. The van der Waals surface area contributed by atoms with Gasteiger partial charge in [-0.2, -0.15) is 9.97 Å². The molecule has 240 valence electrons. The van der Waals surface area contributed by atoms with Crippen LogP contribution in [-0.4, -0.2) is 71.1 Å². The molecule has 14 heteroatoms. The first kappa shape index (κ1) is 32.1. The molecule has 4 aromatic rings. The van der Waals surface area contributed by atoms with Crippen molar-refractivity contribution < 1.29 is 36.9 Å². The van der Waals surface area contributed by atoms with E-state index in [1.165, 1.54) is 13.2 Å². The lowest BCUT2D eigenvalue weighted by atomic mass is 10.2. The van der Waals surface area contributed by atoms with E-state index in [-0.39, 0.29) is 42.4 Å². The van der Waals surface area contributed by atoms with Gasteiger partial charge in [-0.15, -0.1) is 0 Å². The summed E-state index contributed by atoms with van der Waals surface area (Å²) in [6.07, 6.45) is 0.790. The molecule has 0 aliphatic carbocycles. The van der Waals surface area contributed by atoms with Gasteiger partial charge in [-0.3, -0.25) is 10.0 Å². The zero-order chi connectivity index (χ0) is 32.2. The zero-order valence-electron chi connectivity index (χ0n) is 25.0. The molecule has 46 heavy (non-hydrogen) atoms. The standard InChI is InChI=1S/C32H33N5O8S/c1-41-26-14-8-9-15-27(26)45-28-29(36-46(39,40)23-16-24-10-4-2-5-11-24)34-31(37-17-19-42-20-18-37)35-30(28)43-21-22-44-32(38)33-25-12-6-3-7-13-25/h2-16,23H,17-22H2,1H3,(H,33,38)(H,34,35,36)/b23-16+. The Kier molecular flexibility index (Phi) is 10.9. The number of carbonyl (C=O) groups excluding carboxylic acids is 1. The minimum Gasteiger partial charge on any atom is -0.493 e. The quantitative estimate of drug-likeness (QED) is 0.185. The highest BCUT2D eigenvalue weighted by Gasteiger charge is 2.26. The number of nitrogens with one attached hydrogen (secondary N) is 2. The smallest absolute Gasteiger partial charge is 0.411 e. The molecule has 0 atom stereocenters. The summed E-state index contributed by atoms with van der Waals surface area (Å²) < 4.78 is 57.4. The summed E-state index contributed by atoms with van der Waals surface area (Å²) in [6, 6.07) is 24.7. The number of benzene rings is 3. The lowest BCUT2D eigenvalue weighted by Crippen LogP contribution is -2.37. The van der Waals surface area contributed by atoms with E-state index in [1.807, 2.05) is 17.0 Å². The normalized spacial score (nSPS) is 13.2. The van der Waals surface area contributed by atoms with E-state index in [2.05, 4.69) is 20.0 Å². The third kappa shape index (κ3) is 9.09. The van der Waals surface area contributed by atoms with E-state index >= 15 is 0 Å². The molecule has 1 aromatic heterocycles. The molecule has 0 saturated carbocycles. The van der Waals surface area contributed by atoms with Gasteiger partial charge >= 0.3 is 6.09 Å². The van der Waals surface area contributed by atoms with Crippen LogP contribution in [0.25, 0.3) is 6.08 Å². The summed E-state index contributed by atoms with van der Waals surface area (Å²) in [4.78, 5) is 23.2. The molecule has 0 unspecified atom stereocenters. The van der Waals surface area contributed by atoms with Gasteiger partial charge in [0.1, 0.15) is 13.2 Å². The average molecular weight is 648 g/mol. The molecular weight excluding hydrogens is 614 g/mol. The predicted molar refractivity (Wildman–Crippen MR) is 173 cm³/mol. The maximum Gasteiger partial charge on any atom is 0.411 e. The molecule has 5 rings (SSSR count). The van der Waals surface area contributed by atoms with Crippen molar-refractivity contribution in [2.75, 3.05) is 61.6 Å². The van der Waals surface area contributed by atoms with E-state index in [0.717, 1.165) is 5.41 Å². The Morgan fingerprint density at radius 1 is 0.913 bits per heavy atom. The fraction of sp³-hybridized carbons (Fsp3) is 0.219. The second-order valence-corrected chi connectivity index (χ2v) is 11.3. The second kappa shape index (κ2) is 15.6. The number of hydrogen-bond donors (Lipinski definition) is 2. The van der Waals surface area contributed by atoms with Crippen LogP contribution < -0.4 is 29.1 Å². The Labute approximate surface area is 266 Å². The molecule has 1 saturated heterocycles. The molecule has 3 aromatic carbocycles. The first-order valence-corrected chi connectivity index (χ1v) is 15.9. The Morgan fingerprint density at radius 2 is 1.59 bits per heavy atom. The van der Waals surface area contributed by atoms with Crippen molar-refractivity contribution in [3.8, 4) is 23.1 Å². The average Bonchev–Trinajstić information content (AvgIpc) is 3.08. The van der Waals surface area contributed by atoms with Gasteiger partial charge in [-0.05, 0) is 35.9 Å². The fourth-order valence-corrected chi connectivity index (χ4v) is 5.06. The third-order valence-corrected chi connectivity index (χ3v) is 7.42. The number of rotatable bonds is 13. The number of para-hydroxylation sites is 3. The molecule has 1 fully saturated rings. The van der Waals surface area contributed by atoms with Gasteiger partial charge in [0.25, 0.3) is 15.9 Å². The predicted octanol–water partition coefficient (Wildman–Crippen LogP) is 5.15. The number of morpholine rings is 1. The second-order valence-electron chi connectivity index (χ2n) is 9.69. The molecule has 1 aliphatic rings. The van der Waals surface area contributed by atoms with Crippen LogP contribution in [0, 0.1) is 0 Å². The summed E-state index contributed by atoms with van der Waals surface area (Å²) in [5.41, 5.74) is 1.26. The van der Waals surface area contributed by atoms with Crippen LogP contribution in [-0.2, 0) is 19.5 Å². The number of amides is 1. The Balaban J connectivity index is 1.45. The van der Waals surface area contributed by atoms with Gasteiger partial charge < -0.3 is 28.6 Å². The minimum absolute atomic E-state index is 0.0841. The SMILES string of the molecule is COc1ccccc1Oc1c(NS(=O)(=O)/C=C/c2ccccc2)nc(N2CCOCC2)nc1OCCOC(=O)Nc1ccccc1. The van der Waals surface area contributed by atoms with Gasteiger partial charge in [0.15, 0.2) is 17.3 Å². The molecule has 2 heterocycles. The molecule has 1 amide bonds. The fourth-order valence-electron chi connectivity index (χ4n) is 4.24. The van der Waals surface area contributed by atoms with E-state index in [1.54, 1.807) is 72.8 Å². The number of ether oxygens (including phenoxy) is 5. The number of methoxy groups -OCH3 is 1. The van der Waals surface area contributed by atoms with Crippen LogP contribution >= 0.6 is 0 Å². The monoisotopic (exact) mass is 647 g/mol. The Bertz CT molecular complexity index is 1730. The van der Waals surface area contributed by atoms with E-state index < -0.39 is 16.1 Å². The first-order valence-electron chi connectivity index (χ1n) is 14.3. The van der Waals surface area contributed by atoms with E-state index in [4.69, 9.17) is 23.7 Å². The summed E-state index contributed by atoms with van der Waals surface area (Å²) >= 11 is 0. The zero-order valence-corrected chi connectivity index (χ0v) is 25.8. The largest absolute Gasteiger partial charge is 0.493 e. The lowest BCUT2D eigenvalue weighted by Gasteiger charge is -2.28. The Hall–Kier alpha value is -5.34. The maximum absolute atomic E-state index is 13.3. The summed E-state index contributed by atoms with van der Waals surface area (Å²) in [5.74, 6) is 0.461. The van der Waals surface area contributed by atoms with Crippen molar-refractivity contribution in [2.24, 2.45) is 0 Å². The van der Waals surface area contributed by atoms with E-state index in [9.17, 15) is 13.2 Å². The molecule has 0 bridgehead atoms. The molecule has 1 aliphatic heterocycles. The number of carbonyl (C=O) groups is 1. The maximum atomic E-state index is 13.3. The topological polar surface area (TPSA) is 150 Å². The van der Waals surface area contributed by atoms with Gasteiger partial charge in [0.2, 0.25) is 11.7 Å². The highest BCUT2D eigenvalue weighted by molar-refractivity contribution is 7.95. The van der Waals surface area contributed by atoms with Gasteiger partial charge in [0.05, 0.1) is 25.7 Å². The number of anilines is 3. The number of aromatic nitrogens is 2. The van der Waals surface area contributed by atoms with Crippen molar-refractivity contribution in [2.45, 2.75) is 0 Å². The van der Waals surface area contributed by atoms with Crippen molar-refractivity contribution in [3.05, 3.63) is 95.9 Å². The van der Waals surface area contributed by atoms with Crippen molar-refractivity contribution >= 4 is 39.6 Å². The van der Waals surface area contributed by atoms with Crippen molar-refractivity contribution in [1.29, 1.82) is 0 Å². The molecular formula is C32H33N5O8S. The summed E-state index contributed by atoms with van der Waals surface area (Å²) in [5, 5.41) is 3.66. The van der Waals surface area contributed by atoms with Crippen LogP contribution in [0.15, 0.2) is 90.3 Å². The van der Waals surface area contributed by atoms with Crippen LogP contribution in [0.3, 0.4) is 0 Å². The highest BCUT2D eigenvalue weighted by Crippen LogP contribution is 2.41. The van der Waals surface area contributed by atoms with Gasteiger partial charge in [-0.1, -0.05) is 60.7 Å². The van der Waals surface area contributed by atoms with Crippen LogP contribution in [0.2, 0.25) is 0 Å². The van der Waals surface area contributed by atoms with Crippen molar-refractivity contribution in [3.63, 3.8) is 0 Å². The first-order chi connectivity index (χ1) is 22.4. The number of hydrogen-bond acceptors (Lipinski definition) is 11. The molecule has 2 N–H and O–H groups in total. The Morgan fingerprint density at radius 3 is 2.30 bits per heavy atom. The van der Waals surface area contributed by atoms with Gasteiger partial charge in [0, 0.05) is 18.8 Å². The van der Waals surface area contributed by atoms with Gasteiger partial charge in [-0.25, -0.2) is 13.2 Å². The number of nitrogens with zero attached hydrogens (tertiary/aromatic N) is 3. The van der Waals surface area contributed by atoms with E-state index in [0.29, 0.717) is 43.3 Å². The molecule has 13 nitrogen and oxygen atoms in total. The summed E-state index contributed by atoms with van der Waals surface area (Å²) in [6.45, 7) is 1.52. The third-order valence-electron chi connectivity index (χ3n) is 6.45. The number of sulfonamides is 1.